The predicted molar refractivity (Wildman–Crippen MR) is 84.3 cm³/mol. The highest BCUT2D eigenvalue weighted by Crippen LogP contribution is 2.14. The quantitative estimate of drug-likeness (QED) is 0.937. The molecule has 0 bridgehead atoms. The van der Waals surface area contributed by atoms with Crippen molar-refractivity contribution < 1.29 is 9.59 Å². The van der Waals surface area contributed by atoms with E-state index in [0.717, 1.165) is 11.3 Å². The zero-order chi connectivity index (χ0) is 15.2. The van der Waals surface area contributed by atoms with Crippen molar-refractivity contribution in [3.05, 3.63) is 60.2 Å². The Hall–Kier alpha value is -2.62. The van der Waals surface area contributed by atoms with Crippen molar-refractivity contribution in [3.8, 4) is 0 Å². The summed E-state index contributed by atoms with van der Waals surface area (Å²) in [5, 5.41) is 2.79. The molecule has 0 aromatic heterocycles. The van der Waals surface area contributed by atoms with Gasteiger partial charge in [0.2, 0.25) is 11.8 Å². The summed E-state index contributed by atoms with van der Waals surface area (Å²) in [6, 6.07) is 16.7. The van der Waals surface area contributed by atoms with E-state index in [1.165, 1.54) is 11.8 Å². The number of aryl methyl sites for hydroxylation is 1. The molecule has 0 aliphatic rings. The van der Waals surface area contributed by atoms with Gasteiger partial charge in [-0.05, 0) is 31.2 Å². The van der Waals surface area contributed by atoms with Crippen molar-refractivity contribution >= 4 is 23.2 Å². The number of nitrogens with zero attached hydrogens (tertiary/aromatic N) is 1. The van der Waals surface area contributed by atoms with Crippen LogP contribution < -0.4 is 10.2 Å². The normalized spacial score (nSPS) is 10.0. The Bertz CT molecular complexity index is 621. The van der Waals surface area contributed by atoms with Crippen LogP contribution >= 0.6 is 0 Å². The van der Waals surface area contributed by atoms with Crippen LogP contribution in [0.1, 0.15) is 12.5 Å². The molecule has 2 aromatic carbocycles. The molecule has 0 aliphatic heterocycles. The maximum Gasteiger partial charge on any atom is 0.244 e. The molecule has 21 heavy (non-hydrogen) atoms. The number of amides is 2. The smallest absolute Gasteiger partial charge is 0.244 e. The lowest BCUT2D eigenvalue weighted by atomic mass is 10.2. The average molecular weight is 282 g/mol. The van der Waals surface area contributed by atoms with Crippen LogP contribution in [0.2, 0.25) is 0 Å². The summed E-state index contributed by atoms with van der Waals surface area (Å²) in [5.74, 6) is -0.391. The Morgan fingerprint density at radius 1 is 1.00 bits per heavy atom. The minimum atomic E-state index is -0.224. The Kier molecular flexibility index (Phi) is 4.72. The van der Waals surface area contributed by atoms with Crippen molar-refractivity contribution in [3.63, 3.8) is 0 Å². The fraction of sp³-hybridized carbons (Fsp3) is 0.176. The highest BCUT2D eigenvalue weighted by Gasteiger charge is 2.15. The zero-order valence-electron chi connectivity index (χ0n) is 12.2. The van der Waals surface area contributed by atoms with Crippen LogP contribution in [0.15, 0.2) is 54.6 Å². The minimum Gasteiger partial charge on any atom is -0.325 e. The molecule has 0 heterocycles. The second kappa shape index (κ2) is 6.70. The third kappa shape index (κ3) is 4.18. The number of nitrogens with one attached hydrogen (secondary N) is 1. The van der Waals surface area contributed by atoms with Gasteiger partial charge in [0.15, 0.2) is 0 Å². The van der Waals surface area contributed by atoms with E-state index < -0.39 is 0 Å². The van der Waals surface area contributed by atoms with Gasteiger partial charge in [0, 0.05) is 18.3 Å². The Morgan fingerprint density at radius 3 is 2.19 bits per heavy atom. The Labute approximate surface area is 124 Å². The molecule has 4 nitrogen and oxygen atoms in total. The minimum absolute atomic E-state index is 0.00672. The Morgan fingerprint density at radius 2 is 1.62 bits per heavy atom. The SMILES string of the molecule is CC(=O)N(CC(=O)Nc1ccc(C)cc1)c1ccccc1. The largest absolute Gasteiger partial charge is 0.325 e. The van der Waals surface area contributed by atoms with Gasteiger partial charge in [-0.2, -0.15) is 0 Å². The van der Waals surface area contributed by atoms with Crippen LogP contribution in [0.3, 0.4) is 0 Å². The average Bonchev–Trinajstić information content (AvgIpc) is 2.48. The van der Waals surface area contributed by atoms with Gasteiger partial charge < -0.3 is 10.2 Å². The molecular weight excluding hydrogens is 264 g/mol. The molecule has 0 radical (unpaired) electrons. The Balaban J connectivity index is 2.05. The van der Waals surface area contributed by atoms with Crippen LogP contribution in [0.4, 0.5) is 11.4 Å². The molecule has 0 spiro atoms. The van der Waals surface area contributed by atoms with Crippen LogP contribution in [-0.2, 0) is 9.59 Å². The second-order valence-corrected chi connectivity index (χ2v) is 4.85. The number of para-hydroxylation sites is 1. The number of carbonyl (C=O) groups is 2. The standard InChI is InChI=1S/C17H18N2O2/c1-13-8-10-15(11-9-13)18-17(21)12-19(14(2)20)16-6-4-3-5-7-16/h3-11H,12H2,1-2H3,(H,18,21). The summed E-state index contributed by atoms with van der Waals surface area (Å²) in [6.45, 7) is 3.43. The van der Waals surface area contributed by atoms with Crippen molar-refractivity contribution in [1.82, 2.24) is 0 Å². The maximum atomic E-state index is 12.1. The third-order valence-corrected chi connectivity index (χ3v) is 3.09. The van der Waals surface area contributed by atoms with E-state index in [0.29, 0.717) is 5.69 Å². The van der Waals surface area contributed by atoms with Gasteiger partial charge in [-0.15, -0.1) is 0 Å². The number of rotatable bonds is 4. The fourth-order valence-electron chi connectivity index (χ4n) is 1.97. The molecule has 0 fully saturated rings. The van der Waals surface area contributed by atoms with E-state index in [1.807, 2.05) is 49.4 Å². The number of hydrogen-bond donors (Lipinski definition) is 1. The van der Waals surface area contributed by atoms with E-state index in [1.54, 1.807) is 12.1 Å². The van der Waals surface area contributed by atoms with Gasteiger partial charge in [-0.3, -0.25) is 9.59 Å². The van der Waals surface area contributed by atoms with Crippen LogP contribution in [-0.4, -0.2) is 18.4 Å². The third-order valence-electron chi connectivity index (χ3n) is 3.09. The first-order valence-electron chi connectivity index (χ1n) is 6.76. The summed E-state index contributed by atoms with van der Waals surface area (Å²) >= 11 is 0. The summed E-state index contributed by atoms with van der Waals surface area (Å²) in [4.78, 5) is 25.3. The number of hydrogen-bond acceptors (Lipinski definition) is 2. The van der Waals surface area contributed by atoms with Gasteiger partial charge in [0.05, 0.1) is 0 Å². The molecule has 2 rings (SSSR count). The topological polar surface area (TPSA) is 49.4 Å². The first-order chi connectivity index (χ1) is 10.1. The van der Waals surface area contributed by atoms with Gasteiger partial charge in [-0.1, -0.05) is 35.9 Å². The fourth-order valence-corrected chi connectivity index (χ4v) is 1.97. The van der Waals surface area contributed by atoms with E-state index in [9.17, 15) is 9.59 Å². The monoisotopic (exact) mass is 282 g/mol. The first kappa shape index (κ1) is 14.8. The van der Waals surface area contributed by atoms with Gasteiger partial charge in [0.1, 0.15) is 6.54 Å². The van der Waals surface area contributed by atoms with Gasteiger partial charge >= 0.3 is 0 Å². The van der Waals surface area contributed by atoms with E-state index >= 15 is 0 Å². The number of benzene rings is 2. The summed E-state index contributed by atoms with van der Waals surface area (Å²) in [6.07, 6.45) is 0. The molecule has 2 amide bonds. The molecule has 108 valence electrons. The molecule has 0 saturated heterocycles. The highest BCUT2D eigenvalue weighted by atomic mass is 16.2. The maximum absolute atomic E-state index is 12.1. The predicted octanol–water partition coefficient (Wildman–Crippen LogP) is 2.99. The lowest BCUT2D eigenvalue weighted by Crippen LogP contribution is -2.36. The molecule has 0 aliphatic carbocycles. The lowest BCUT2D eigenvalue weighted by Gasteiger charge is -2.20. The molecule has 0 unspecified atom stereocenters. The van der Waals surface area contributed by atoms with E-state index in [-0.39, 0.29) is 18.4 Å². The molecule has 4 heteroatoms. The van der Waals surface area contributed by atoms with Crippen molar-refractivity contribution in [1.29, 1.82) is 0 Å². The molecular formula is C17H18N2O2. The lowest BCUT2D eigenvalue weighted by molar-refractivity contribution is -0.120. The van der Waals surface area contributed by atoms with Gasteiger partial charge in [-0.25, -0.2) is 0 Å². The summed E-state index contributed by atoms with van der Waals surface area (Å²) in [7, 11) is 0. The van der Waals surface area contributed by atoms with Crippen LogP contribution in [0.25, 0.3) is 0 Å². The number of anilines is 2. The molecule has 1 N–H and O–H groups in total. The van der Waals surface area contributed by atoms with Crippen molar-refractivity contribution in [2.24, 2.45) is 0 Å². The van der Waals surface area contributed by atoms with Gasteiger partial charge in [0.25, 0.3) is 0 Å². The van der Waals surface area contributed by atoms with E-state index in [4.69, 9.17) is 0 Å². The zero-order valence-corrected chi connectivity index (χ0v) is 12.2. The summed E-state index contributed by atoms with van der Waals surface area (Å²) < 4.78 is 0. The molecule has 2 aromatic rings. The second-order valence-electron chi connectivity index (χ2n) is 4.85. The van der Waals surface area contributed by atoms with E-state index in [2.05, 4.69) is 5.32 Å². The summed E-state index contributed by atoms with van der Waals surface area (Å²) in [5.41, 5.74) is 2.56. The van der Waals surface area contributed by atoms with Crippen molar-refractivity contribution in [2.75, 3.05) is 16.8 Å². The van der Waals surface area contributed by atoms with Crippen LogP contribution in [0.5, 0.6) is 0 Å². The molecule has 0 saturated carbocycles. The first-order valence-corrected chi connectivity index (χ1v) is 6.76. The highest BCUT2D eigenvalue weighted by molar-refractivity contribution is 6.01. The number of carbonyl (C=O) groups excluding carboxylic acids is 2. The van der Waals surface area contributed by atoms with Crippen LogP contribution in [0, 0.1) is 6.92 Å². The molecule has 0 atom stereocenters. The van der Waals surface area contributed by atoms with Crippen molar-refractivity contribution in [2.45, 2.75) is 13.8 Å².